The number of carbonyl (C=O) groups excluding carboxylic acids is 1. The second kappa shape index (κ2) is 4.81. The fraction of sp³-hybridized carbons (Fsp3) is 0.250. The van der Waals surface area contributed by atoms with Crippen molar-refractivity contribution in [3.8, 4) is 0 Å². The van der Waals surface area contributed by atoms with Gasteiger partial charge in [0.25, 0.3) is 5.91 Å². The lowest BCUT2D eigenvalue weighted by molar-refractivity contribution is 0.0952. The van der Waals surface area contributed by atoms with Crippen molar-refractivity contribution in [3.05, 3.63) is 36.0 Å². The Hall–Kier alpha value is -1.82. The number of carbonyl (C=O) groups is 1. The highest BCUT2D eigenvalue weighted by Crippen LogP contribution is 2.14. The molecule has 0 aliphatic carbocycles. The van der Waals surface area contributed by atoms with Crippen LogP contribution in [0, 0.1) is 0 Å². The fourth-order valence-corrected chi connectivity index (χ4v) is 2.11. The van der Waals surface area contributed by atoms with Crippen molar-refractivity contribution in [3.63, 3.8) is 0 Å². The van der Waals surface area contributed by atoms with Gasteiger partial charge in [0.05, 0.1) is 5.75 Å². The van der Waals surface area contributed by atoms with Gasteiger partial charge in [0.2, 0.25) is 0 Å². The molecule has 0 atom stereocenters. The number of benzene rings is 1. The van der Waals surface area contributed by atoms with Gasteiger partial charge in [-0.3, -0.25) is 4.79 Å². The van der Waals surface area contributed by atoms with Crippen LogP contribution in [0.3, 0.4) is 0 Å². The van der Waals surface area contributed by atoms with Crippen molar-refractivity contribution in [2.75, 3.05) is 18.6 Å². The zero-order chi connectivity index (χ0) is 13.2. The van der Waals surface area contributed by atoms with E-state index in [9.17, 15) is 13.2 Å². The van der Waals surface area contributed by atoms with Crippen molar-refractivity contribution in [1.29, 1.82) is 0 Å². The molecule has 1 aromatic heterocycles. The molecule has 2 N–H and O–H groups in total. The number of aromatic nitrogens is 1. The van der Waals surface area contributed by atoms with E-state index in [4.69, 9.17) is 0 Å². The summed E-state index contributed by atoms with van der Waals surface area (Å²) >= 11 is 0. The Labute approximate surface area is 105 Å². The zero-order valence-electron chi connectivity index (χ0n) is 9.93. The molecule has 0 saturated carbocycles. The number of H-pyrrole nitrogens is 1. The minimum Gasteiger partial charge on any atom is -0.351 e. The van der Waals surface area contributed by atoms with Gasteiger partial charge in [-0.2, -0.15) is 0 Å². The fourth-order valence-electron chi connectivity index (χ4n) is 1.64. The molecule has 0 aliphatic rings. The number of aromatic amines is 1. The van der Waals surface area contributed by atoms with E-state index in [2.05, 4.69) is 10.3 Å². The first kappa shape index (κ1) is 12.6. The van der Waals surface area contributed by atoms with Gasteiger partial charge < -0.3 is 10.3 Å². The molecular weight excluding hydrogens is 252 g/mol. The number of hydrogen-bond donors (Lipinski definition) is 2. The molecule has 0 unspecified atom stereocenters. The van der Waals surface area contributed by atoms with Crippen LogP contribution in [0.25, 0.3) is 10.9 Å². The van der Waals surface area contributed by atoms with Gasteiger partial charge in [0, 0.05) is 23.7 Å². The molecule has 0 fully saturated rings. The largest absolute Gasteiger partial charge is 0.351 e. The van der Waals surface area contributed by atoms with Crippen LogP contribution in [0.4, 0.5) is 0 Å². The molecule has 0 bridgehead atoms. The minimum absolute atomic E-state index is 0.0566. The molecule has 0 saturated heterocycles. The molecule has 1 amide bonds. The SMILES string of the molecule is CS(=O)(=O)CCNC(=O)c1cc2ccccc2[nH]1. The van der Waals surface area contributed by atoms with Crippen LogP contribution in [-0.2, 0) is 9.84 Å². The summed E-state index contributed by atoms with van der Waals surface area (Å²) in [6, 6.07) is 9.29. The topological polar surface area (TPSA) is 79.0 Å². The Bertz CT molecular complexity index is 640. The Kier molecular flexibility index (Phi) is 3.38. The average molecular weight is 266 g/mol. The molecule has 5 nitrogen and oxygen atoms in total. The number of para-hydroxylation sites is 1. The Balaban J connectivity index is 2.05. The van der Waals surface area contributed by atoms with E-state index in [0.717, 1.165) is 17.2 Å². The molecule has 1 aromatic carbocycles. The highest BCUT2D eigenvalue weighted by atomic mass is 32.2. The van der Waals surface area contributed by atoms with E-state index in [-0.39, 0.29) is 18.2 Å². The van der Waals surface area contributed by atoms with Crippen LogP contribution in [-0.4, -0.2) is 37.9 Å². The van der Waals surface area contributed by atoms with Gasteiger partial charge in [0.1, 0.15) is 15.5 Å². The third-order valence-electron chi connectivity index (χ3n) is 2.53. The molecule has 2 aromatic rings. The normalized spacial score (nSPS) is 11.6. The lowest BCUT2D eigenvalue weighted by Gasteiger charge is -2.01. The number of nitrogens with one attached hydrogen (secondary N) is 2. The maximum atomic E-state index is 11.8. The van der Waals surface area contributed by atoms with Crippen molar-refractivity contribution < 1.29 is 13.2 Å². The van der Waals surface area contributed by atoms with Gasteiger partial charge in [-0.1, -0.05) is 18.2 Å². The summed E-state index contributed by atoms with van der Waals surface area (Å²) in [4.78, 5) is 14.7. The Morgan fingerprint density at radius 2 is 2.06 bits per heavy atom. The maximum Gasteiger partial charge on any atom is 0.267 e. The lowest BCUT2D eigenvalue weighted by atomic mass is 10.2. The summed E-state index contributed by atoms with van der Waals surface area (Å²) in [5.41, 5.74) is 1.32. The Morgan fingerprint density at radius 3 is 2.72 bits per heavy atom. The number of hydrogen-bond acceptors (Lipinski definition) is 3. The average Bonchev–Trinajstić information content (AvgIpc) is 2.70. The summed E-state index contributed by atoms with van der Waals surface area (Å²) in [5.74, 6) is -0.353. The van der Waals surface area contributed by atoms with Crippen molar-refractivity contribution >= 4 is 26.6 Å². The van der Waals surface area contributed by atoms with Crippen molar-refractivity contribution in [2.24, 2.45) is 0 Å². The number of rotatable bonds is 4. The zero-order valence-corrected chi connectivity index (χ0v) is 10.8. The molecule has 96 valence electrons. The smallest absolute Gasteiger partial charge is 0.267 e. The van der Waals surface area contributed by atoms with Gasteiger partial charge in [0.15, 0.2) is 0 Å². The number of sulfone groups is 1. The molecule has 0 spiro atoms. The molecule has 0 aliphatic heterocycles. The predicted octanol–water partition coefficient (Wildman–Crippen LogP) is 0.942. The highest BCUT2D eigenvalue weighted by molar-refractivity contribution is 7.90. The van der Waals surface area contributed by atoms with Crippen molar-refractivity contribution in [1.82, 2.24) is 10.3 Å². The van der Waals surface area contributed by atoms with E-state index < -0.39 is 9.84 Å². The Morgan fingerprint density at radius 1 is 1.33 bits per heavy atom. The minimum atomic E-state index is -3.05. The van der Waals surface area contributed by atoms with Gasteiger partial charge in [-0.05, 0) is 12.1 Å². The van der Waals surface area contributed by atoms with E-state index in [1.807, 2.05) is 24.3 Å². The third kappa shape index (κ3) is 3.10. The van der Waals surface area contributed by atoms with Crippen LogP contribution in [0.15, 0.2) is 30.3 Å². The summed E-state index contributed by atoms with van der Waals surface area (Å²) < 4.78 is 21.9. The van der Waals surface area contributed by atoms with Gasteiger partial charge in [-0.15, -0.1) is 0 Å². The summed E-state index contributed by atoms with van der Waals surface area (Å²) in [6.07, 6.45) is 1.14. The monoisotopic (exact) mass is 266 g/mol. The predicted molar refractivity (Wildman–Crippen MR) is 70.3 cm³/mol. The molecule has 18 heavy (non-hydrogen) atoms. The lowest BCUT2D eigenvalue weighted by Crippen LogP contribution is -2.28. The summed E-state index contributed by atoms with van der Waals surface area (Å²) in [6.45, 7) is 0.118. The van der Waals surface area contributed by atoms with Crippen LogP contribution in [0.5, 0.6) is 0 Å². The van der Waals surface area contributed by atoms with Gasteiger partial charge >= 0.3 is 0 Å². The first-order chi connectivity index (χ1) is 8.46. The quantitative estimate of drug-likeness (QED) is 0.864. The second-order valence-electron chi connectivity index (χ2n) is 4.16. The third-order valence-corrected chi connectivity index (χ3v) is 3.48. The van der Waals surface area contributed by atoms with Crippen LogP contribution < -0.4 is 5.32 Å². The molecular formula is C12H14N2O3S. The van der Waals surface area contributed by atoms with Crippen LogP contribution in [0.2, 0.25) is 0 Å². The van der Waals surface area contributed by atoms with Crippen LogP contribution in [0.1, 0.15) is 10.5 Å². The van der Waals surface area contributed by atoms with Gasteiger partial charge in [-0.25, -0.2) is 8.42 Å². The first-order valence-corrected chi connectivity index (χ1v) is 7.55. The molecule has 1 heterocycles. The number of amides is 1. The van der Waals surface area contributed by atoms with E-state index in [1.165, 1.54) is 0 Å². The summed E-state index contributed by atoms with van der Waals surface area (Å²) in [7, 11) is -3.05. The summed E-state index contributed by atoms with van der Waals surface area (Å²) in [5, 5.41) is 3.52. The van der Waals surface area contributed by atoms with E-state index >= 15 is 0 Å². The number of fused-ring (bicyclic) bond motifs is 1. The van der Waals surface area contributed by atoms with E-state index in [1.54, 1.807) is 6.07 Å². The first-order valence-electron chi connectivity index (χ1n) is 5.49. The molecule has 6 heteroatoms. The second-order valence-corrected chi connectivity index (χ2v) is 6.42. The standard InChI is InChI=1S/C12H14N2O3S/c1-18(16,17)7-6-13-12(15)11-8-9-4-2-3-5-10(9)14-11/h2-5,8,14H,6-7H2,1H3,(H,13,15). The molecule has 2 rings (SSSR count). The van der Waals surface area contributed by atoms with E-state index in [0.29, 0.717) is 5.69 Å². The highest BCUT2D eigenvalue weighted by Gasteiger charge is 2.09. The van der Waals surface area contributed by atoms with Crippen LogP contribution >= 0.6 is 0 Å². The molecule has 0 radical (unpaired) electrons. The van der Waals surface area contributed by atoms with Crippen molar-refractivity contribution in [2.45, 2.75) is 0 Å². The maximum absolute atomic E-state index is 11.8.